The highest BCUT2D eigenvalue weighted by Crippen LogP contribution is 2.42. The van der Waals surface area contributed by atoms with Gasteiger partial charge >= 0.3 is 0 Å². The third kappa shape index (κ3) is 2.51. The molecule has 2 aromatic carbocycles. The van der Waals surface area contributed by atoms with E-state index in [-0.39, 0.29) is 21.0 Å². The summed E-state index contributed by atoms with van der Waals surface area (Å²) in [6, 6.07) is 10.6. The highest BCUT2D eigenvalue weighted by Gasteiger charge is 2.43. The van der Waals surface area contributed by atoms with Crippen LogP contribution in [0.15, 0.2) is 58.3 Å². The van der Waals surface area contributed by atoms with Crippen LogP contribution >= 0.6 is 0 Å². The Hall–Kier alpha value is -2.26. The van der Waals surface area contributed by atoms with E-state index in [1.54, 1.807) is 6.07 Å². The smallest absolute Gasteiger partial charge is 0.258 e. The molecule has 0 amide bonds. The fourth-order valence-corrected chi connectivity index (χ4v) is 6.91. The minimum Gasteiger partial charge on any atom is -0.258 e. The Labute approximate surface area is 132 Å². The third-order valence-corrected chi connectivity index (χ3v) is 7.83. The van der Waals surface area contributed by atoms with Gasteiger partial charge in [-0.3, -0.25) is 10.1 Å². The van der Waals surface area contributed by atoms with Gasteiger partial charge in [0.15, 0.2) is 19.7 Å². The predicted molar refractivity (Wildman–Crippen MR) is 81.5 cm³/mol. The van der Waals surface area contributed by atoms with Crippen LogP contribution in [0.1, 0.15) is 10.8 Å². The van der Waals surface area contributed by atoms with E-state index in [1.807, 2.05) is 0 Å². The fourth-order valence-electron chi connectivity index (χ4n) is 2.59. The summed E-state index contributed by atoms with van der Waals surface area (Å²) in [6.07, 6.45) is 0. The van der Waals surface area contributed by atoms with Crippen molar-refractivity contribution in [2.75, 3.05) is 5.75 Å². The van der Waals surface area contributed by atoms with Crippen molar-refractivity contribution < 1.29 is 21.8 Å². The summed E-state index contributed by atoms with van der Waals surface area (Å²) in [5.41, 5.74) is -0.378. The van der Waals surface area contributed by atoms with Crippen LogP contribution in [0.25, 0.3) is 0 Å². The minimum atomic E-state index is -3.97. The number of non-ortho nitro benzene ring substituents is 1. The van der Waals surface area contributed by atoms with E-state index >= 15 is 0 Å². The highest BCUT2D eigenvalue weighted by atomic mass is 32.2. The first-order valence-electron chi connectivity index (χ1n) is 6.53. The molecule has 0 radical (unpaired) electrons. The first kappa shape index (κ1) is 15.6. The number of nitro groups is 1. The van der Waals surface area contributed by atoms with Crippen molar-refractivity contribution in [3.8, 4) is 0 Å². The van der Waals surface area contributed by atoms with Crippen LogP contribution in [0, 0.1) is 10.1 Å². The number of hydrogen-bond acceptors (Lipinski definition) is 6. The van der Waals surface area contributed by atoms with Gasteiger partial charge in [-0.1, -0.05) is 18.2 Å². The first-order chi connectivity index (χ1) is 10.7. The lowest BCUT2D eigenvalue weighted by molar-refractivity contribution is -0.385. The van der Waals surface area contributed by atoms with Gasteiger partial charge < -0.3 is 0 Å². The first-order valence-corrected chi connectivity index (χ1v) is 9.73. The van der Waals surface area contributed by atoms with Crippen LogP contribution in [-0.2, 0) is 19.7 Å². The standard InChI is InChI=1S/C14H11NO6S2/c16-15(17)10-6-7-13-12(8-10)14(9-22(13,18)19)23(20,21)11-4-2-1-3-5-11/h1-8,14H,9H2. The van der Waals surface area contributed by atoms with Crippen LogP contribution in [0.5, 0.6) is 0 Å². The quantitative estimate of drug-likeness (QED) is 0.615. The number of rotatable bonds is 3. The Morgan fingerprint density at radius 2 is 1.74 bits per heavy atom. The lowest BCUT2D eigenvalue weighted by Gasteiger charge is -2.11. The molecule has 0 aliphatic carbocycles. The molecular formula is C14H11NO6S2. The number of nitrogens with zero attached hydrogens (tertiary/aromatic N) is 1. The maximum absolute atomic E-state index is 12.7. The molecule has 3 rings (SSSR count). The van der Waals surface area contributed by atoms with Crippen LogP contribution in [-0.4, -0.2) is 27.5 Å². The SMILES string of the molecule is O=[N+]([O-])c1ccc2c(c1)C(S(=O)(=O)c1ccccc1)CS2(=O)=O. The van der Waals surface area contributed by atoms with Crippen molar-refractivity contribution >= 4 is 25.4 Å². The summed E-state index contributed by atoms with van der Waals surface area (Å²) in [4.78, 5) is 10.0. The summed E-state index contributed by atoms with van der Waals surface area (Å²) in [6.45, 7) is 0. The molecule has 0 spiro atoms. The van der Waals surface area contributed by atoms with Crippen LogP contribution < -0.4 is 0 Å². The van der Waals surface area contributed by atoms with Crippen molar-refractivity contribution in [2.45, 2.75) is 15.0 Å². The minimum absolute atomic E-state index is 0.0143. The summed E-state index contributed by atoms with van der Waals surface area (Å²) in [5.74, 6) is -0.610. The average molecular weight is 353 g/mol. The molecule has 0 saturated carbocycles. The maximum atomic E-state index is 12.7. The Morgan fingerprint density at radius 3 is 2.35 bits per heavy atom. The number of benzene rings is 2. The van der Waals surface area contributed by atoms with Crippen molar-refractivity contribution in [1.82, 2.24) is 0 Å². The molecule has 1 aliphatic heterocycles. The zero-order valence-corrected chi connectivity index (χ0v) is 13.2. The maximum Gasteiger partial charge on any atom is 0.269 e. The second kappa shape index (κ2) is 5.14. The molecule has 0 fully saturated rings. The van der Waals surface area contributed by atoms with Gasteiger partial charge in [0.05, 0.1) is 20.5 Å². The summed E-state index contributed by atoms with van der Waals surface area (Å²) in [7, 11) is -7.76. The van der Waals surface area contributed by atoms with Gasteiger partial charge in [0, 0.05) is 12.1 Å². The molecule has 23 heavy (non-hydrogen) atoms. The number of hydrogen-bond donors (Lipinski definition) is 0. The number of sulfone groups is 2. The van der Waals surface area contributed by atoms with E-state index in [2.05, 4.69) is 0 Å². The zero-order valence-electron chi connectivity index (χ0n) is 11.6. The molecule has 2 aromatic rings. The van der Waals surface area contributed by atoms with Crippen LogP contribution in [0.2, 0.25) is 0 Å². The molecule has 1 aliphatic rings. The van der Waals surface area contributed by atoms with Crippen molar-refractivity contribution in [3.05, 3.63) is 64.2 Å². The molecule has 0 saturated heterocycles. The fraction of sp³-hybridized carbons (Fsp3) is 0.143. The molecule has 0 bridgehead atoms. The van der Waals surface area contributed by atoms with Crippen molar-refractivity contribution in [2.24, 2.45) is 0 Å². The number of nitro benzene ring substituents is 1. The molecule has 9 heteroatoms. The predicted octanol–water partition coefficient (Wildman–Crippen LogP) is 1.90. The monoisotopic (exact) mass is 353 g/mol. The van der Waals surface area contributed by atoms with Gasteiger partial charge in [0.2, 0.25) is 0 Å². The molecule has 7 nitrogen and oxygen atoms in total. The Balaban J connectivity index is 2.22. The molecule has 1 unspecified atom stereocenters. The molecule has 0 N–H and O–H groups in total. The average Bonchev–Trinajstić information content (AvgIpc) is 2.80. The molecule has 1 heterocycles. The normalized spacial score (nSPS) is 19.2. The van der Waals surface area contributed by atoms with Gasteiger partial charge in [0.25, 0.3) is 5.69 Å². The van der Waals surface area contributed by atoms with Crippen LogP contribution in [0.4, 0.5) is 5.69 Å². The van der Waals surface area contributed by atoms with Gasteiger partial charge in [-0.05, 0) is 23.8 Å². The van der Waals surface area contributed by atoms with Gasteiger partial charge in [-0.25, -0.2) is 16.8 Å². The van der Waals surface area contributed by atoms with E-state index in [1.165, 1.54) is 24.3 Å². The van der Waals surface area contributed by atoms with Crippen molar-refractivity contribution in [1.29, 1.82) is 0 Å². The molecule has 0 aromatic heterocycles. The van der Waals surface area contributed by atoms with Crippen molar-refractivity contribution in [3.63, 3.8) is 0 Å². The topological polar surface area (TPSA) is 111 Å². The summed E-state index contributed by atoms with van der Waals surface area (Å²) < 4.78 is 49.8. The Morgan fingerprint density at radius 1 is 1.09 bits per heavy atom. The molecule has 1 atom stereocenters. The molecular weight excluding hydrogens is 342 g/mol. The van der Waals surface area contributed by atoms with Gasteiger partial charge in [-0.15, -0.1) is 0 Å². The second-order valence-corrected chi connectivity index (χ2v) is 9.24. The Kier molecular flexibility index (Phi) is 3.49. The van der Waals surface area contributed by atoms with E-state index in [0.29, 0.717) is 0 Å². The molecule has 120 valence electrons. The lowest BCUT2D eigenvalue weighted by Crippen LogP contribution is -2.15. The second-order valence-electron chi connectivity index (χ2n) is 5.11. The van der Waals surface area contributed by atoms with E-state index in [4.69, 9.17) is 0 Å². The van der Waals surface area contributed by atoms with E-state index in [9.17, 15) is 26.9 Å². The van der Waals surface area contributed by atoms with Crippen LogP contribution in [0.3, 0.4) is 0 Å². The summed E-state index contributed by atoms with van der Waals surface area (Å²) in [5, 5.41) is 9.55. The third-order valence-electron chi connectivity index (χ3n) is 3.70. The number of fused-ring (bicyclic) bond motifs is 1. The van der Waals surface area contributed by atoms with Gasteiger partial charge in [-0.2, -0.15) is 0 Å². The van der Waals surface area contributed by atoms with Gasteiger partial charge in [0.1, 0.15) is 5.25 Å². The Bertz CT molecular complexity index is 997. The zero-order chi connectivity index (χ0) is 16.8. The summed E-state index contributed by atoms with van der Waals surface area (Å²) >= 11 is 0. The highest BCUT2D eigenvalue weighted by molar-refractivity contribution is 7.96. The lowest BCUT2D eigenvalue weighted by atomic mass is 10.1. The van der Waals surface area contributed by atoms with E-state index < -0.39 is 35.6 Å². The largest absolute Gasteiger partial charge is 0.269 e. The van der Waals surface area contributed by atoms with E-state index in [0.717, 1.165) is 18.2 Å².